The average molecular weight is 238 g/mol. The van der Waals surface area contributed by atoms with Gasteiger partial charge in [0.2, 0.25) is 5.91 Å². The second-order valence-electron chi connectivity index (χ2n) is 4.40. The van der Waals surface area contributed by atoms with Gasteiger partial charge in [0.1, 0.15) is 6.54 Å². The van der Waals surface area contributed by atoms with Gasteiger partial charge in [-0.25, -0.2) is 0 Å². The molecule has 0 aromatic heterocycles. The van der Waals surface area contributed by atoms with E-state index in [1.54, 1.807) is 0 Å². The summed E-state index contributed by atoms with van der Waals surface area (Å²) in [5.74, 6) is 1.00. The molecule has 1 fully saturated rings. The molecule has 17 heavy (non-hydrogen) atoms. The molecule has 0 saturated heterocycles. The number of nitrogens with two attached hydrogens (primary N) is 1. The molecule has 0 bridgehead atoms. The molecule has 0 spiro atoms. The summed E-state index contributed by atoms with van der Waals surface area (Å²) < 4.78 is 0. The van der Waals surface area contributed by atoms with Crippen LogP contribution in [0.25, 0.3) is 0 Å². The van der Waals surface area contributed by atoms with E-state index in [-0.39, 0.29) is 31.0 Å². The third-order valence-corrected chi connectivity index (χ3v) is 3.04. The third kappa shape index (κ3) is 4.08. The maximum atomic E-state index is 12.1. The van der Waals surface area contributed by atoms with E-state index >= 15 is 0 Å². The van der Waals surface area contributed by atoms with E-state index in [0.717, 1.165) is 25.7 Å². The van der Waals surface area contributed by atoms with Crippen LogP contribution in [0.4, 0.5) is 0 Å². The van der Waals surface area contributed by atoms with Gasteiger partial charge in [0, 0.05) is 12.0 Å². The first-order valence-electron chi connectivity index (χ1n) is 5.74. The van der Waals surface area contributed by atoms with Gasteiger partial charge < -0.3 is 15.7 Å². The standard InChI is InChI=1S/C12H18N2O3/c1-2-7-14(8-11(15)16)12(17)9-3-5-10(13)6-4-9/h1,9-10H,3-8,13H2,(H,15,16). The second-order valence-corrected chi connectivity index (χ2v) is 4.40. The van der Waals surface area contributed by atoms with Crippen molar-refractivity contribution in [1.82, 2.24) is 4.90 Å². The first-order valence-corrected chi connectivity index (χ1v) is 5.74. The molecule has 1 amide bonds. The lowest BCUT2D eigenvalue weighted by Gasteiger charge is -2.29. The number of terminal acetylenes is 1. The van der Waals surface area contributed by atoms with Gasteiger partial charge in [0.25, 0.3) is 0 Å². The smallest absolute Gasteiger partial charge is 0.323 e. The van der Waals surface area contributed by atoms with Crippen molar-refractivity contribution in [3.05, 3.63) is 0 Å². The number of nitrogens with zero attached hydrogens (tertiary/aromatic N) is 1. The molecule has 0 aromatic carbocycles. The number of carboxylic acid groups (broad SMARTS) is 1. The fraction of sp³-hybridized carbons (Fsp3) is 0.667. The maximum absolute atomic E-state index is 12.1. The molecule has 0 radical (unpaired) electrons. The molecular formula is C12H18N2O3. The Balaban J connectivity index is 2.58. The zero-order chi connectivity index (χ0) is 12.8. The molecule has 5 nitrogen and oxygen atoms in total. The minimum absolute atomic E-state index is 0.0493. The fourth-order valence-corrected chi connectivity index (χ4v) is 2.11. The molecule has 1 aliphatic rings. The van der Waals surface area contributed by atoms with E-state index in [1.165, 1.54) is 4.90 Å². The van der Waals surface area contributed by atoms with E-state index in [9.17, 15) is 9.59 Å². The first kappa shape index (κ1) is 13.5. The van der Waals surface area contributed by atoms with Crippen molar-refractivity contribution >= 4 is 11.9 Å². The SMILES string of the molecule is C#CCN(CC(=O)O)C(=O)C1CCC(N)CC1. The second kappa shape index (κ2) is 6.26. The topological polar surface area (TPSA) is 83.6 Å². The molecule has 1 rings (SSSR count). The number of rotatable bonds is 4. The molecular weight excluding hydrogens is 220 g/mol. The van der Waals surface area contributed by atoms with E-state index in [1.807, 2.05) is 0 Å². The molecule has 94 valence electrons. The molecule has 5 heteroatoms. The summed E-state index contributed by atoms with van der Waals surface area (Å²) in [5, 5.41) is 8.72. The van der Waals surface area contributed by atoms with Crippen LogP contribution in [0.5, 0.6) is 0 Å². The number of carboxylic acids is 1. The molecule has 3 N–H and O–H groups in total. The number of hydrogen-bond donors (Lipinski definition) is 2. The van der Waals surface area contributed by atoms with Crippen LogP contribution in [-0.4, -0.2) is 41.0 Å². The lowest BCUT2D eigenvalue weighted by Crippen LogP contribution is -2.42. The van der Waals surface area contributed by atoms with Crippen LogP contribution in [0.2, 0.25) is 0 Å². The highest BCUT2D eigenvalue weighted by atomic mass is 16.4. The lowest BCUT2D eigenvalue weighted by molar-refractivity contribution is -0.146. The molecule has 0 unspecified atom stereocenters. The van der Waals surface area contributed by atoms with Gasteiger partial charge in [0.05, 0.1) is 6.54 Å². The molecule has 1 saturated carbocycles. The Morgan fingerprint density at radius 1 is 1.35 bits per heavy atom. The average Bonchev–Trinajstić information content (AvgIpc) is 2.28. The van der Waals surface area contributed by atoms with Crippen LogP contribution in [0, 0.1) is 18.3 Å². The summed E-state index contributed by atoms with van der Waals surface area (Å²) in [6, 6.07) is 0.166. The number of carbonyl (C=O) groups is 2. The number of amides is 1. The summed E-state index contributed by atoms with van der Waals surface area (Å²) >= 11 is 0. The fourth-order valence-electron chi connectivity index (χ4n) is 2.11. The summed E-state index contributed by atoms with van der Waals surface area (Å²) in [5.41, 5.74) is 5.76. The molecule has 0 aromatic rings. The van der Waals surface area contributed by atoms with Crippen molar-refractivity contribution in [2.45, 2.75) is 31.7 Å². The van der Waals surface area contributed by atoms with E-state index < -0.39 is 5.97 Å². The van der Waals surface area contributed by atoms with E-state index in [2.05, 4.69) is 5.92 Å². The molecule has 0 aliphatic heterocycles. The van der Waals surface area contributed by atoms with Gasteiger partial charge in [-0.05, 0) is 25.7 Å². The Bertz CT molecular complexity index is 327. The monoisotopic (exact) mass is 238 g/mol. The van der Waals surface area contributed by atoms with Crippen LogP contribution < -0.4 is 5.73 Å². The number of hydrogen-bond acceptors (Lipinski definition) is 3. The van der Waals surface area contributed by atoms with Crippen molar-refractivity contribution in [1.29, 1.82) is 0 Å². The Morgan fingerprint density at radius 3 is 2.41 bits per heavy atom. The van der Waals surface area contributed by atoms with Crippen molar-refractivity contribution in [2.75, 3.05) is 13.1 Å². The van der Waals surface area contributed by atoms with Crippen LogP contribution in [-0.2, 0) is 9.59 Å². The van der Waals surface area contributed by atoms with Gasteiger partial charge >= 0.3 is 5.97 Å². The quantitative estimate of drug-likeness (QED) is 0.678. The summed E-state index contributed by atoms with van der Waals surface area (Å²) in [4.78, 5) is 23.9. The van der Waals surface area contributed by atoms with Crippen molar-refractivity contribution in [3.63, 3.8) is 0 Å². The third-order valence-electron chi connectivity index (χ3n) is 3.04. The van der Waals surface area contributed by atoms with Gasteiger partial charge in [-0.2, -0.15) is 0 Å². The summed E-state index contributed by atoms with van der Waals surface area (Å²) in [6.07, 6.45) is 8.21. The highest BCUT2D eigenvalue weighted by Crippen LogP contribution is 2.24. The molecule has 1 aliphatic carbocycles. The maximum Gasteiger partial charge on any atom is 0.323 e. The Hall–Kier alpha value is -1.54. The lowest BCUT2D eigenvalue weighted by atomic mass is 9.85. The van der Waals surface area contributed by atoms with Gasteiger partial charge in [0.15, 0.2) is 0 Å². The van der Waals surface area contributed by atoms with E-state index in [0.29, 0.717) is 0 Å². The molecule has 0 atom stereocenters. The van der Waals surface area contributed by atoms with Gasteiger partial charge in [-0.3, -0.25) is 9.59 Å². The highest BCUT2D eigenvalue weighted by Gasteiger charge is 2.28. The largest absolute Gasteiger partial charge is 0.480 e. The predicted octanol–water partition coefficient (Wildman–Crippen LogP) is 0.0503. The zero-order valence-electron chi connectivity index (χ0n) is 9.76. The van der Waals surface area contributed by atoms with Crippen LogP contribution in [0.3, 0.4) is 0 Å². The van der Waals surface area contributed by atoms with Crippen molar-refractivity contribution < 1.29 is 14.7 Å². The molecule has 0 heterocycles. The minimum Gasteiger partial charge on any atom is -0.480 e. The number of aliphatic carboxylic acids is 1. The van der Waals surface area contributed by atoms with Crippen molar-refractivity contribution in [2.24, 2.45) is 11.7 Å². The van der Waals surface area contributed by atoms with Crippen LogP contribution in [0.15, 0.2) is 0 Å². The highest BCUT2D eigenvalue weighted by molar-refractivity contribution is 5.83. The Labute approximate surface area is 101 Å². The number of carbonyl (C=O) groups excluding carboxylic acids is 1. The predicted molar refractivity (Wildman–Crippen MR) is 63.0 cm³/mol. The van der Waals surface area contributed by atoms with E-state index in [4.69, 9.17) is 17.3 Å². The minimum atomic E-state index is -1.04. The Kier molecular flexibility index (Phi) is 4.98. The Morgan fingerprint density at radius 2 is 1.94 bits per heavy atom. The zero-order valence-corrected chi connectivity index (χ0v) is 9.76. The van der Waals surface area contributed by atoms with Crippen molar-refractivity contribution in [3.8, 4) is 12.3 Å². The van der Waals surface area contributed by atoms with Crippen LogP contribution in [0.1, 0.15) is 25.7 Å². The summed E-state index contributed by atoms with van der Waals surface area (Å²) in [7, 11) is 0. The van der Waals surface area contributed by atoms with Gasteiger partial charge in [-0.15, -0.1) is 6.42 Å². The van der Waals surface area contributed by atoms with Gasteiger partial charge in [-0.1, -0.05) is 5.92 Å². The normalized spacial score (nSPS) is 23.8. The first-order chi connectivity index (χ1) is 8.04. The summed E-state index contributed by atoms with van der Waals surface area (Å²) in [6.45, 7) is -0.278. The van der Waals surface area contributed by atoms with Crippen LogP contribution >= 0.6 is 0 Å².